The van der Waals surface area contributed by atoms with Crippen molar-refractivity contribution in [2.24, 2.45) is 0 Å². The molecule has 0 aliphatic heterocycles. The molecule has 0 atom stereocenters. The van der Waals surface area contributed by atoms with Gasteiger partial charge in [-0.1, -0.05) is 60.2 Å². The minimum absolute atomic E-state index is 0.193. The summed E-state index contributed by atoms with van der Waals surface area (Å²) in [4.78, 5) is 12.3. The normalized spacial score (nSPS) is 11.4. The maximum Gasteiger partial charge on any atom is 0.255 e. The molecule has 154 valence electrons. The standard InChI is InChI=1S/C24H24N2O3S/c1-19-6-5-9-21(18-19)14-16-25-24(27)22-10-12-23(13-11-22)26-30(28,29)17-15-20-7-3-2-4-8-20/h2-13,15,17-18,26H,14,16H2,1H3,(H,25,27)/b17-15+. The second kappa shape index (κ2) is 9.89. The number of rotatable bonds is 8. The van der Waals surface area contributed by atoms with E-state index in [4.69, 9.17) is 0 Å². The van der Waals surface area contributed by atoms with E-state index in [2.05, 4.69) is 16.1 Å². The van der Waals surface area contributed by atoms with E-state index in [1.165, 1.54) is 17.2 Å². The van der Waals surface area contributed by atoms with E-state index in [1.807, 2.05) is 55.5 Å². The van der Waals surface area contributed by atoms with Crippen molar-refractivity contribution < 1.29 is 13.2 Å². The van der Waals surface area contributed by atoms with E-state index in [1.54, 1.807) is 24.3 Å². The van der Waals surface area contributed by atoms with Crippen LogP contribution in [0.1, 0.15) is 27.0 Å². The summed E-state index contributed by atoms with van der Waals surface area (Å²) in [7, 11) is -3.65. The second-order valence-electron chi connectivity index (χ2n) is 6.93. The summed E-state index contributed by atoms with van der Waals surface area (Å²) in [5, 5.41) is 4.00. The van der Waals surface area contributed by atoms with Crippen molar-refractivity contribution in [1.29, 1.82) is 0 Å². The number of hydrogen-bond donors (Lipinski definition) is 2. The zero-order valence-electron chi connectivity index (χ0n) is 16.7. The SMILES string of the molecule is Cc1cccc(CCNC(=O)c2ccc(NS(=O)(=O)/C=C/c3ccccc3)cc2)c1. The highest BCUT2D eigenvalue weighted by Gasteiger charge is 2.08. The summed E-state index contributed by atoms with van der Waals surface area (Å²) < 4.78 is 26.9. The number of carbonyl (C=O) groups excluding carboxylic acids is 1. The quantitative estimate of drug-likeness (QED) is 0.568. The van der Waals surface area contributed by atoms with Gasteiger partial charge in [0.1, 0.15) is 0 Å². The Morgan fingerprint density at radius 3 is 2.37 bits per heavy atom. The molecule has 5 nitrogen and oxygen atoms in total. The first kappa shape index (κ1) is 21.3. The van der Waals surface area contributed by atoms with Crippen molar-refractivity contribution in [1.82, 2.24) is 5.32 Å². The van der Waals surface area contributed by atoms with Crippen LogP contribution in [0, 0.1) is 6.92 Å². The van der Waals surface area contributed by atoms with Gasteiger partial charge in [0.25, 0.3) is 15.9 Å². The third-order valence-electron chi connectivity index (χ3n) is 4.43. The van der Waals surface area contributed by atoms with Crippen LogP contribution in [0.4, 0.5) is 5.69 Å². The highest BCUT2D eigenvalue weighted by Crippen LogP contribution is 2.13. The molecule has 0 radical (unpaired) electrons. The summed E-state index contributed by atoms with van der Waals surface area (Å²) in [6.45, 7) is 2.57. The predicted molar refractivity (Wildman–Crippen MR) is 122 cm³/mol. The maximum atomic E-state index is 12.3. The van der Waals surface area contributed by atoms with Crippen LogP contribution in [-0.4, -0.2) is 20.9 Å². The molecule has 0 spiro atoms. The summed E-state index contributed by atoms with van der Waals surface area (Å²) in [6.07, 6.45) is 2.28. The molecule has 0 unspecified atom stereocenters. The van der Waals surface area contributed by atoms with E-state index >= 15 is 0 Å². The van der Waals surface area contributed by atoms with Crippen LogP contribution in [0.3, 0.4) is 0 Å². The average molecular weight is 421 g/mol. The van der Waals surface area contributed by atoms with E-state index in [9.17, 15) is 13.2 Å². The van der Waals surface area contributed by atoms with Crippen molar-refractivity contribution in [2.45, 2.75) is 13.3 Å². The molecule has 2 N–H and O–H groups in total. The molecule has 0 saturated carbocycles. The minimum atomic E-state index is -3.65. The smallest absolute Gasteiger partial charge is 0.255 e. The second-order valence-corrected chi connectivity index (χ2v) is 8.50. The van der Waals surface area contributed by atoms with E-state index < -0.39 is 10.0 Å². The lowest BCUT2D eigenvalue weighted by Crippen LogP contribution is -2.25. The van der Waals surface area contributed by atoms with Gasteiger partial charge in [0.2, 0.25) is 0 Å². The van der Waals surface area contributed by atoms with E-state index in [-0.39, 0.29) is 5.91 Å². The minimum Gasteiger partial charge on any atom is -0.352 e. The van der Waals surface area contributed by atoms with Gasteiger partial charge >= 0.3 is 0 Å². The molecule has 0 heterocycles. The topological polar surface area (TPSA) is 75.3 Å². The molecule has 0 aromatic heterocycles. The zero-order valence-corrected chi connectivity index (χ0v) is 17.5. The van der Waals surface area contributed by atoms with Gasteiger partial charge in [-0.15, -0.1) is 0 Å². The lowest BCUT2D eigenvalue weighted by Gasteiger charge is -2.08. The molecule has 30 heavy (non-hydrogen) atoms. The monoisotopic (exact) mass is 420 g/mol. The number of carbonyl (C=O) groups is 1. The average Bonchev–Trinajstić information content (AvgIpc) is 2.73. The number of anilines is 1. The number of benzene rings is 3. The highest BCUT2D eigenvalue weighted by molar-refractivity contribution is 7.95. The Hall–Kier alpha value is -3.38. The van der Waals surface area contributed by atoms with Gasteiger partial charge in [-0.05, 0) is 54.8 Å². The van der Waals surface area contributed by atoms with Gasteiger partial charge in [-0.25, -0.2) is 8.42 Å². The Bertz CT molecular complexity index is 1120. The summed E-state index contributed by atoms with van der Waals surface area (Å²) >= 11 is 0. The highest BCUT2D eigenvalue weighted by atomic mass is 32.2. The Morgan fingerprint density at radius 1 is 0.933 bits per heavy atom. The molecule has 0 fully saturated rings. The number of amides is 1. The molecule has 3 aromatic carbocycles. The van der Waals surface area contributed by atoms with Gasteiger partial charge in [-0.2, -0.15) is 0 Å². The van der Waals surface area contributed by atoms with Crippen LogP contribution in [-0.2, 0) is 16.4 Å². The van der Waals surface area contributed by atoms with Crippen LogP contribution < -0.4 is 10.0 Å². The summed E-state index contributed by atoms with van der Waals surface area (Å²) in [6, 6.07) is 23.7. The van der Waals surface area contributed by atoms with Crippen LogP contribution >= 0.6 is 0 Å². The molecular formula is C24H24N2O3S. The molecule has 1 amide bonds. The van der Waals surface area contributed by atoms with Crippen LogP contribution in [0.15, 0.2) is 84.3 Å². The molecule has 0 aliphatic rings. The first-order valence-corrected chi connectivity index (χ1v) is 11.2. The van der Waals surface area contributed by atoms with E-state index in [0.29, 0.717) is 17.8 Å². The fourth-order valence-corrected chi connectivity index (χ4v) is 3.78. The molecular weight excluding hydrogens is 396 g/mol. The van der Waals surface area contributed by atoms with Gasteiger partial charge in [0.05, 0.1) is 5.41 Å². The van der Waals surface area contributed by atoms with Gasteiger partial charge in [0, 0.05) is 17.8 Å². The van der Waals surface area contributed by atoms with Gasteiger partial charge in [0.15, 0.2) is 0 Å². The first-order chi connectivity index (χ1) is 14.4. The fraction of sp³-hybridized carbons (Fsp3) is 0.125. The Labute approximate surface area is 177 Å². The predicted octanol–water partition coefficient (Wildman–Crippen LogP) is 4.38. The first-order valence-electron chi connectivity index (χ1n) is 9.61. The maximum absolute atomic E-state index is 12.3. The largest absolute Gasteiger partial charge is 0.352 e. The van der Waals surface area contributed by atoms with E-state index in [0.717, 1.165) is 17.4 Å². The molecule has 3 rings (SSSR count). The zero-order chi connectivity index (χ0) is 21.4. The lowest BCUT2D eigenvalue weighted by molar-refractivity contribution is 0.0954. The third kappa shape index (κ3) is 6.60. The van der Waals surface area contributed by atoms with Crippen molar-refractivity contribution in [2.75, 3.05) is 11.3 Å². The molecule has 0 bridgehead atoms. The molecule has 6 heteroatoms. The van der Waals surface area contributed by atoms with Crippen molar-refractivity contribution >= 4 is 27.7 Å². The van der Waals surface area contributed by atoms with Gasteiger partial charge < -0.3 is 5.32 Å². The number of nitrogens with one attached hydrogen (secondary N) is 2. The number of sulfonamides is 1. The lowest BCUT2D eigenvalue weighted by atomic mass is 10.1. The molecule has 0 aliphatic carbocycles. The molecule has 3 aromatic rings. The van der Waals surface area contributed by atoms with Crippen molar-refractivity contribution in [3.05, 3.63) is 107 Å². The Balaban J connectivity index is 1.53. The van der Waals surface area contributed by atoms with Crippen LogP contribution in [0.2, 0.25) is 0 Å². The van der Waals surface area contributed by atoms with Crippen molar-refractivity contribution in [3.8, 4) is 0 Å². The van der Waals surface area contributed by atoms with Crippen LogP contribution in [0.25, 0.3) is 6.08 Å². The molecule has 0 saturated heterocycles. The van der Waals surface area contributed by atoms with Crippen molar-refractivity contribution in [3.63, 3.8) is 0 Å². The summed E-state index contributed by atoms with van der Waals surface area (Å²) in [5.74, 6) is -0.193. The Kier molecular flexibility index (Phi) is 7.03. The van der Waals surface area contributed by atoms with Gasteiger partial charge in [-0.3, -0.25) is 9.52 Å². The number of aryl methyl sites for hydroxylation is 1. The van der Waals surface area contributed by atoms with Crippen LogP contribution in [0.5, 0.6) is 0 Å². The Morgan fingerprint density at radius 2 is 1.67 bits per heavy atom. The summed E-state index contributed by atoms with van der Waals surface area (Å²) in [5.41, 5.74) is 4.02. The fourth-order valence-electron chi connectivity index (χ4n) is 2.91. The third-order valence-corrected chi connectivity index (χ3v) is 5.44. The number of hydrogen-bond acceptors (Lipinski definition) is 3.